The standard InChI is InChI=1S/C11H20N2O/c1-3-5-11(14)13(2)9-10-6-4-7-12-8-10/h3,10,12H,1,4-9H2,2H3. The number of nitrogens with zero attached hydrogens (tertiary/aromatic N) is 1. The van der Waals surface area contributed by atoms with Crippen LogP contribution in [-0.4, -0.2) is 37.5 Å². The molecule has 1 saturated heterocycles. The van der Waals surface area contributed by atoms with Gasteiger partial charge in [-0.1, -0.05) is 6.08 Å². The molecule has 1 heterocycles. The van der Waals surface area contributed by atoms with E-state index < -0.39 is 0 Å². The average Bonchev–Trinajstić information content (AvgIpc) is 2.19. The highest BCUT2D eigenvalue weighted by Gasteiger charge is 2.16. The zero-order valence-electron chi connectivity index (χ0n) is 8.96. The van der Waals surface area contributed by atoms with Crippen molar-refractivity contribution in [1.29, 1.82) is 0 Å². The lowest BCUT2D eigenvalue weighted by atomic mass is 9.99. The SMILES string of the molecule is C=CCC(=O)N(C)CC1CCCNC1. The third-order valence-electron chi connectivity index (χ3n) is 2.68. The maximum atomic E-state index is 11.5. The van der Waals surface area contributed by atoms with Crippen LogP contribution in [0.15, 0.2) is 12.7 Å². The van der Waals surface area contributed by atoms with Crippen molar-refractivity contribution in [3.8, 4) is 0 Å². The minimum atomic E-state index is 0.172. The molecule has 0 saturated carbocycles. The van der Waals surface area contributed by atoms with Crippen LogP contribution in [0.2, 0.25) is 0 Å². The van der Waals surface area contributed by atoms with E-state index in [4.69, 9.17) is 0 Å². The maximum Gasteiger partial charge on any atom is 0.226 e. The van der Waals surface area contributed by atoms with Gasteiger partial charge < -0.3 is 10.2 Å². The summed E-state index contributed by atoms with van der Waals surface area (Å²) < 4.78 is 0. The molecule has 1 aliphatic rings. The summed E-state index contributed by atoms with van der Waals surface area (Å²) in [6, 6.07) is 0. The van der Waals surface area contributed by atoms with Crippen molar-refractivity contribution in [2.75, 3.05) is 26.7 Å². The van der Waals surface area contributed by atoms with Crippen LogP contribution in [0.1, 0.15) is 19.3 Å². The molecule has 0 radical (unpaired) electrons. The van der Waals surface area contributed by atoms with Crippen LogP contribution in [-0.2, 0) is 4.79 Å². The van der Waals surface area contributed by atoms with Crippen molar-refractivity contribution < 1.29 is 4.79 Å². The molecule has 0 aromatic heterocycles. The highest BCUT2D eigenvalue weighted by atomic mass is 16.2. The Kier molecular flexibility index (Phi) is 4.66. The Morgan fingerprint density at radius 2 is 2.50 bits per heavy atom. The van der Waals surface area contributed by atoms with Crippen molar-refractivity contribution >= 4 is 5.91 Å². The summed E-state index contributed by atoms with van der Waals surface area (Å²) in [4.78, 5) is 13.3. The number of carbonyl (C=O) groups is 1. The largest absolute Gasteiger partial charge is 0.345 e. The minimum absolute atomic E-state index is 0.172. The fourth-order valence-electron chi connectivity index (χ4n) is 1.85. The number of carbonyl (C=O) groups excluding carboxylic acids is 1. The van der Waals surface area contributed by atoms with Gasteiger partial charge in [-0.3, -0.25) is 4.79 Å². The number of nitrogens with one attached hydrogen (secondary N) is 1. The highest BCUT2D eigenvalue weighted by Crippen LogP contribution is 2.11. The normalized spacial score (nSPS) is 21.6. The number of hydrogen-bond donors (Lipinski definition) is 1. The maximum absolute atomic E-state index is 11.5. The number of amides is 1. The molecule has 3 nitrogen and oxygen atoms in total. The molecule has 0 aromatic rings. The molecule has 0 bridgehead atoms. The fourth-order valence-corrected chi connectivity index (χ4v) is 1.85. The van der Waals surface area contributed by atoms with Gasteiger partial charge in [0.05, 0.1) is 0 Å². The lowest BCUT2D eigenvalue weighted by Gasteiger charge is -2.27. The summed E-state index contributed by atoms with van der Waals surface area (Å²) in [5.41, 5.74) is 0. The lowest BCUT2D eigenvalue weighted by molar-refractivity contribution is -0.129. The first-order valence-electron chi connectivity index (χ1n) is 5.29. The van der Waals surface area contributed by atoms with Crippen molar-refractivity contribution in [3.05, 3.63) is 12.7 Å². The Balaban J connectivity index is 2.27. The summed E-state index contributed by atoms with van der Waals surface area (Å²) in [6.07, 6.45) is 4.58. The Hall–Kier alpha value is -0.830. The van der Waals surface area contributed by atoms with E-state index in [0.717, 1.165) is 19.6 Å². The molecular weight excluding hydrogens is 176 g/mol. The van der Waals surface area contributed by atoms with E-state index in [1.807, 2.05) is 11.9 Å². The van der Waals surface area contributed by atoms with Crippen molar-refractivity contribution in [2.45, 2.75) is 19.3 Å². The first kappa shape index (κ1) is 11.2. The quantitative estimate of drug-likeness (QED) is 0.681. The molecule has 80 valence electrons. The molecule has 1 amide bonds. The molecule has 1 unspecified atom stereocenters. The van der Waals surface area contributed by atoms with Gasteiger partial charge in [0.2, 0.25) is 5.91 Å². The number of piperidine rings is 1. The van der Waals surface area contributed by atoms with E-state index in [9.17, 15) is 4.79 Å². The fraction of sp³-hybridized carbons (Fsp3) is 0.727. The van der Waals surface area contributed by atoms with Gasteiger partial charge >= 0.3 is 0 Å². The Labute approximate surface area is 86.2 Å². The molecule has 1 fully saturated rings. The topological polar surface area (TPSA) is 32.3 Å². The van der Waals surface area contributed by atoms with E-state index in [0.29, 0.717) is 12.3 Å². The molecule has 14 heavy (non-hydrogen) atoms. The van der Waals surface area contributed by atoms with Gasteiger partial charge in [-0.05, 0) is 31.8 Å². The summed E-state index contributed by atoms with van der Waals surface area (Å²) in [5.74, 6) is 0.799. The zero-order chi connectivity index (χ0) is 10.4. The van der Waals surface area contributed by atoms with E-state index in [2.05, 4.69) is 11.9 Å². The second kappa shape index (κ2) is 5.81. The smallest absolute Gasteiger partial charge is 0.226 e. The van der Waals surface area contributed by atoms with Crippen LogP contribution in [0.5, 0.6) is 0 Å². The van der Waals surface area contributed by atoms with E-state index in [1.165, 1.54) is 12.8 Å². The predicted octanol–water partition coefficient (Wildman–Crippen LogP) is 1.02. The van der Waals surface area contributed by atoms with Crippen molar-refractivity contribution in [1.82, 2.24) is 10.2 Å². The Morgan fingerprint density at radius 1 is 1.71 bits per heavy atom. The van der Waals surface area contributed by atoms with Gasteiger partial charge in [0.25, 0.3) is 0 Å². The van der Waals surface area contributed by atoms with E-state index in [-0.39, 0.29) is 5.91 Å². The van der Waals surface area contributed by atoms with Crippen LogP contribution in [0.3, 0.4) is 0 Å². The van der Waals surface area contributed by atoms with Crippen molar-refractivity contribution in [2.24, 2.45) is 5.92 Å². The van der Waals surface area contributed by atoms with E-state index >= 15 is 0 Å². The first-order valence-corrected chi connectivity index (χ1v) is 5.29. The first-order chi connectivity index (χ1) is 6.74. The van der Waals surface area contributed by atoms with Gasteiger partial charge in [-0.2, -0.15) is 0 Å². The molecular formula is C11H20N2O. The van der Waals surface area contributed by atoms with Crippen LogP contribution >= 0.6 is 0 Å². The van der Waals surface area contributed by atoms with Gasteiger partial charge in [0, 0.05) is 20.0 Å². The third-order valence-corrected chi connectivity index (χ3v) is 2.68. The highest BCUT2D eigenvalue weighted by molar-refractivity contribution is 5.77. The summed E-state index contributed by atoms with van der Waals surface area (Å²) in [5, 5.41) is 3.35. The number of rotatable bonds is 4. The molecule has 0 aliphatic carbocycles. The summed E-state index contributed by atoms with van der Waals surface area (Å²) in [7, 11) is 1.88. The third kappa shape index (κ3) is 3.50. The molecule has 3 heteroatoms. The average molecular weight is 196 g/mol. The molecule has 0 aromatic carbocycles. The summed E-state index contributed by atoms with van der Waals surface area (Å²) >= 11 is 0. The van der Waals surface area contributed by atoms with Crippen LogP contribution in [0.4, 0.5) is 0 Å². The summed E-state index contributed by atoms with van der Waals surface area (Å²) in [6.45, 7) is 6.62. The van der Waals surface area contributed by atoms with E-state index in [1.54, 1.807) is 6.08 Å². The van der Waals surface area contributed by atoms with Crippen LogP contribution < -0.4 is 5.32 Å². The molecule has 1 N–H and O–H groups in total. The lowest BCUT2D eigenvalue weighted by Crippen LogP contribution is -2.38. The van der Waals surface area contributed by atoms with Gasteiger partial charge in [-0.25, -0.2) is 0 Å². The molecule has 1 rings (SSSR count). The van der Waals surface area contributed by atoms with Crippen LogP contribution in [0.25, 0.3) is 0 Å². The van der Waals surface area contributed by atoms with Crippen molar-refractivity contribution in [3.63, 3.8) is 0 Å². The minimum Gasteiger partial charge on any atom is -0.345 e. The van der Waals surface area contributed by atoms with Gasteiger partial charge in [-0.15, -0.1) is 6.58 Å². The van der Waals surface area contributed by atoms with Crippen LogP contribution in [0, 0.1) is 5.92 Å². The Morgan fingerprint density at radius 3 is 3.07 bits per heavy atom. The molecule has 0 spiro atoms. The monoisotopic (exact) mass is 196 g/mol. The van der Waals surface area contributed by atoms with Gasteiger partial charge in [0.1, 0.15) is 0 Å². The Bertz CT molecular complexity index is 197. The second-order valence-corrected chi connectivity index (χ2v) is 3.98. The predicted molar refractivity (Wildman–Crippen MR) is 58.0 cm³/mol. The molecule has 1 aliphatic heterocycles. The molecule has 1 atom stereocenters. The second-order valence-electron chi connectivity index (χ2n) is 3.98. The van der Waals surface area contributed by atoms with Gasteiger partial charge in [0.15, 0.2) is 0 Å². The number of hydrogen-bond acceptors (Lipinski definition) is 2. The zero-order valence-corrected chi connectivity index (χ0v) is 8.96.